The molecule has 0 aromatic heterocycles. The molecule has 100 valence electrons. The number of carbonyl (C=O) groups excluding carboxylic acids is 1. The minimum absolute atomic E-state index is 0.0000246. The lowest BCUT2D eigenvalue weighted by Crippen LogP contribution is -2.19. The fourth-order valence-electron chi connectivity index (χ4n) is 1.99. The summed E-state index contributed by atoms with van der Waals surface area (Å²) >= 11 is 16.5. The average Bonchev–Trinajstić information content (AvgIpc) is 2.76. The van der Waals surface area contributed by atoms with Gasteiger partial charge in [0.2, 0.25) is 3.79 Å². The van der Waals surface area contributed by atoms with Crippen LogP contribution in [0.4, 0.5) is 0 Å². The summed E-state index contributed by atoms with van der Waals surface area (Å²) in [6.45, 7) is 5.33. The highest BCUT2D eigenvalue weighted by molar-refractivity contribution is 6.67. The van der Waals surface area contributed by atoms with E-state index in [2.05, 4.69) is 0 Å². The Bertz CT molecular complexity index is 418. The van der Waals surface area contributed by atoms with E-state index in [-0.39, 0.29) is 23.9 Å². The number of hydrogen-bond donors (Lipinski definition) is 0. The molecule has 1 aliphatic carbocycles. The zero-order valence-corrected chi connectivity index (χ0v) is 12.6. The molecule has 0 bridgehead atoms. The highest BCUT2D eigenvalue weighted by atomic mass is 35.6. The summed E-state index contributed by atoms with van der Waals surface area (Å²) in [6.07, 6.45) is 1.79. The summed E-state index contributed by atoms with van der Waals surface area (Å²) in [6, 6.07) is 2.04. The molecule has 0 amide bonds. The maximum absolute atomic E-state index is 11.8. The predicted octanol–water partition coefficient (Wildman–Crippen LogP) is 3.64. The monoisotopic (exact) mass is 309 g/mol. The zero-order chi connectivity index (χ0) is 14.1. The largest absolute Gasteiger partial charge is 0.461 e. The first kappa shape index (κ1) is 15.6. The van der Waals surface area contributed by atoms with E-state index in [0.717, 1.165) is 0 Å². The Labute approximate surface area is 122 Å². The minimum atomic E-state index is -1.59. The highest BCUT2D eigenvalue weighted by Gasteiger charge is 2.61. The average molecular weight is 311 g/mol. The number of ether oxygens (including phenoxy) is 1. The Morgan fingerprint density at radius 2 is 2.06 bits per heavy atom. The molecule has 2 atom stereocenters. The minimum Gasteiger partial charge on any atom is -0.461 e. The van der Waals surface area contributed by atoms with Gasteiger partial charge in [-0.3, -0.25) is 4.79 Å². The molecule has 2 unspecified atom stereocenters. The van der Waals surface area contributed by atoms with Gasteiger partial charge in [0.05, 0.1) is 12.0 Å². The summed E-state index contributed by atoms with van der Waals surface area (Å²) in [5.74, 6) is -0.675. The van der Waals surface area contributed by atoms with Crippen molar-refractivity contribution in [2.75, 3.05) is 6.61 Å². The second kappa shape index (κ2) is 5.28. The van der Waals surface area contributed by atoms with Gasteiger partial charge in [-0.15, -0.1) is 0 Å². The van der Waals surface area contributed by atoms with E-state index in [9.17, 15) is 4.79 Å². The molecule has 0 radical (unpaired) electrons. The van der Waals surface area contributed by atoms with E-state index in [4.69, 9.17) is 44.8 Å². The Hall–Kier alpha value is -0.430. The van der Waals surface area contributed by atoms with Gasteiger partial charge in [-0.1, -0.05) is 54.7 Å². The standard InChI is InChI=1S/C12H14Cl3NO2/c1-7(5-16)4-8-9(11(8,2)3)10(17)18-6-12(13,14)15/h4,8-9H,6H2,1-3H3. The van der Waals surface area contributed by atoms with Crippen molar-refractivity contribution in [1.82, 2.24) is 0 Å². The first-order chi connectivity index (χ1) is 8.09. The third-order valence-corrected chi connectivity index (χ3v) is 3.48. The third-order valence-electron chi connectivity index (χ3n) is 3.15. The van der Waals surface area contributed by atoms with Gasteiger partial charge in [0.1, 0.15) is 6.61 Å². The van der Waals surface area contributed by atoms with Crippen molar-refractivity contribution in [1.29, 1.82) is 5.26 Å². The van der Waals surface area contributed by atoms with E-state index in [0.29, 0.717) is 5.57 Å². The maximum atomic E-state index is 11.8. The van der Waals surface area contributed by atoms with Crippen LogP contribution in [0.1, 0.15) is 20.8 Å². The molecule has 0 N–H and O–H groups in total. The summed E-state index contributed by atoms with van der Waals surface area (Å²) in [5.41, 5.74) is 0.368. The fraction of sp³-hybridized carbons (Fsp3) is 0.667. The van der Waals surface area contributed by atoms with Gasteiger partial charge in [-0.2, -0.15) is 5.26 Å². The first-order valence-corrected chi connectivity index (χ1v) is 6.55. The second-order valence-electron chi connectivity index (χ2n) is 5.01. The third kappa shape index (κ3) is 3.78. The lowest BCUT2D eigenvalue weighted by Gasteiger charge is -2.11. The normalized spacial score (nSPS) is 26.4. The van der Waals surface area contributed by atoms with Crippen LogP contribution < -0.4 is 0 Å². The molecule has 6 heteroatoms. The number of hydrogen-bond acceptors (Lipinski definition) is 3. The smallest absolute Gasteiger partial charge is 0.310 e. The molecule has 0 aromatic carbocycles. The first-order valence-electron chi connectivity index (χ1n) is 5.41. The van der Waals surface area contributed by atoms with Crippen LogP contribution in [-0.4, -0.2) is 16.4 Å². The van der Waals surface area contributed by atoms with Crippen LogP contribution >= 0.6 is 34.8 Å². The van der Waals surface area contributed by atoms with E-state index < -0.39 is 9.76 Å². The number of rotatable bonds is 3. The molecular weight excluding hydrogens is 296 g/mol. The maximum Gasteiger partial charge on any atom is 0.310 e. The van der Waals surface area contributed by atoms with Crippen LogP contribution in [0.3, 0.4) is 0 Å². The summed E-state index contributed by atoms with van der Waals surface area (Å²) in [4.78, 5) is 11.8. The molecule has 0 saturated heterocycles. The van der Waals surface area contributed by atoms with E-state index >= 15 is 0 Å². The summed E-state index contributed by atoms with van der Waals surface area (Å²) in [5, 5.41) is 8.73. The quantitative estimate of drug-likeness (QED) is 0.454. The van der Waals surface area contributed by atoms with Crippen LogP contribution in [0.5, 0.6) is 0 Å². The van der Waals surface area contributed by atoms with Crippen molar-refractivity contribution in [3.63, 3.8) is 0 Å². The number of nitriles is 1. The van der Waals surface area contributed by atoms with E-state index in [1.807, 2.05) is 19.9 Å². The molecule has 0 aromatic rings. The Morgan fingerprint density at radius 1 is 1.50 bits per heavy atom. The molecule has 18 heavy (non-hydrogen) atoms. The van der Waals surface area contributed by atoms with Crippen molar-refractivity contribution in [3.05, 3.63) is 11.6 Å². The lowest BCUT2D eigenvalue weighted by atomic mass is 10.1. The Morgan fingerprint density at radius 3 is 2.50 bits per heavy atom. The molecule has 0 heterocycles. The molecular formula is C12H14Cl3NO2. The topological polar surface area (TPSA) is 50.1 Å². The van der Waals surface area contributed by atoms with Gasteiger partial charge in [-0.05, 0) is 18.3 Å². The number of carbonyl (C=O) groups is 1. The Kier molecular flexibility index (Phi) is 4.59. The molecule has 3 nitrogen and oxygen atoms in total. The highest BCUT2D eigenvalue weighted by Crippen LogP contribution is 2.59. The molecule has 1 aliphatic rings. The molecule has 1 rings (SSSR count). The SMILES string of the molecule is CC(C#N)=CC1C(C(=O)OCC(Cl)(Cl)Cl)C1(C)C. The summed E-state index contributed by atoms with van der Waals surface area (Å²) in [7, 11) is 0. The van der Waals surface area contributed by atoms with Gasteiger partial charge in [0.25, 0.3) is 0 Å². The molecule has 1 fully saturated rings. The number of nitrogens with zero attached hydrogens (tertiary/aromatic N) is 1. The van der Waals surface area contributed by atoms with E-state index in [1.54, 1.807) is 13.0 Å². The van der Waals surface area contributed by atoms with Crippen LogP contribution in [0.25, 0.3) is 0 Å². The van der Waals surface area contributed by atoms with Crippen molar-refractivity contribution < 1.29 is 9.53 Å². The fourth-order valence-corrected chi connectivity index (χ4v) is 2.15. The van der Waals surface area contributed by atoms with Crippen molar-refractivity contribution in [3.8, 4) is 6.07 Å². The number of esters is 1. The molecule has 0 spiro atoms. The molecule has 1 saturated carbocycles. The van der Waals surface area contributed by atoms with Gasteiger partial charge in [0.15, 0.2) is 0 Å². The van der Waals surface area contributed by atoms with Crippen LogP contribution in [-0.2, 0) is 9.53 Å². The number of allylic oxidation sites excluding steroid dienone is 2. The molecule has 0 aliphatic heterocycles. The second-order valence-corrected chi connectivity index (χ2v) is 7.53. The van der Waals surface area contributed by atoms with Gasteiger partial charge in [0, 0.05) is 5.57 Å². The number of halogens is 3. The lowest BCUT2D eigenvalue weighted by molar-refractivity contribution is -0.146. The van der Waals surface area contributed by atoms with Crippen molar-refractivity contribution in [2.24, 2.45) is 17.3 Å². The van der Waals surface area contributed by atoms with Gasteiger partial charge in [-0.25, -0.2) is 0 Å². The van der Waals surface area contributed by atoms with Crippen LogP contribution in [0.15, 0.2) is 11.6 Å². The number of alkyl halides is 3. The van der Waals surface area contributed by atoms with Crippen molar-refractivity contribution >= 4 is 40.8 Å². The predicted molar refractivity (Wildman–Crippen MR) is 71.4 cm³/mol. The van der Waals surface area contributed by atoms with Crippen molar-refractivity contribution in [2.45, 2.75) is 24.6 Å². The van der Waals surface area contributed by atoms with Gasteiger partial charge >= 0.3 is 5.97 Å². The zero-order valence-electron chi connectivity index (χ0n) is 10.3. The van der Waals surface area contributed by atoms with Gasteiger partial charge < -0.3 is 4.74 Å². The van der Waals surface area contributed by atoms with E-state index in [1.165, 1.54) is 0 Å². The summed E-state index contributed by atoms with van der Waals surface area (Å²) < 4.78 is 3.37. The van der Waals surface area contributed by atoms with Crippen LogP contribution in [0, 0.1) is 28.6 Å². The Balaban J connectivity index is 2.64. The van der Waals surface area contributed by atoms with Crippen LogP contribution in [0.2, 0.25) is 0 Å².